The van der Waals surface area contributed by atoms with Crippen molar-refractivity contribution in [3.63, 3.8) is 0 Å². The zero-order valence-electron chi connectivity index (χ0n) is 23.8. The molecule has 0 saturated heterocycles. The van der Waals surface area contributed by atoms with E-state index >= 15 is 0 Å². The quantitative estimate of drug-likeness (QED) is 0.425. The predicted octanol–water partition coefficient (Wildman–Crippen LogP) is 4.41. The lowest BCUT2D eigenvalue weighted by Crippen LogP contribution is -2.62. The molecule has 39 heavy (non-hydrogen) atoms. The van der Waals surface area contributed by atoms with E-state index in [1.54, 1.807) is 0 Å². The highest BCUT2D eigenvalue weighted by Gasteiger charge is 2.65. The average molecular weight is 542 g/mol. The van der Waals surface area contributed by atoms with E-state index in [1.807, 2.05) is 18.2 Å². The van der Waals surface area contributed by atoms with Gasteiger partial charge in [-0.15, -0.1) is 0 Å². The summed E-state index contributed by atoms with van der Waals surface area (Å²) in [7, 11) is 0. The van der Waals surface area contributed by atoms with Crippen LogP contribution in [-0.2, 0) is 11.3 Å². The van der Waals surface area contributed by atoms with E-state index < -0.39 is 6.10 Å². The standard InChI is InChI=1S/C32H47NO6/c1-18(4-9-29(37)33-16-19-5-8-26-27(12-19)39-17-38-26)22-6-7-23-30-24(15-28(36)32(22,23)3)31(2)11-10-21(34)13-20(31)14-25(30)35/h5,8,12,18,20-25,28,30,34-36H,4,6-7,9-11,13-17H2,1-3H3,(H,33,37)/t18-,20?,21-,22-,23?,24?,25-,28+,30?,31+,32-/m1/s1. The highest BCUT2D eigenvalue weighted by molar-refractivity contribution is 5.75. The summed E-state index contributed by atoms with van der Waals surface area (Å²) >= 11 is 0. The largest absolute Gasteiger partial charge is 0.454 e. The van der Waals surface area contributed by atoms with Crippen LogP contribution in [-0.4, -0.2) is 46.3 Å². The summed E-state index contributed by atoms with van der Waals surface area (Å²) in [5.74, 6) is 3.33. The molecular formula is C32H47NO6. The second-order valence-electron chi connectivity index (χ2n) is 14.0. The van der Waals surface area contributed by atoms with E-state index in [9.17, 15) is 20.1 Å². The molecule has 216 valence electrons. The molecule has 4 saturated carbocycles. The van der Waals surface area contributed by atoms with E-state index in [-0.39, 0.29) is 41.7 Å². The number of hydrogen-bond donors (Lipinski definition) is 4. The van der Waals surface area contributed by atoms with Crippen molar-refractivity contribution in [1.29, 1.82) is 0 Å². The monoisotopic (exact) mass is 541 g/mol. The summed E-state index contributed by atoms with van der Waals surface area (Å²) < 4.78 is 10.8. The molecule has 6 rings (SSSR count). The Hall–Kier alpha value is -1.83. The van der Waals surface area contributed by atoms with Gasteiger partial charge in [-0.25, -0.2) is 0 Å². The van der Waals surface area contributed by atoms with Gasteiger partial charge in [-0.2, -0.15) is 0 Å². The molecule has 1 aliphatic heterocycles. The Morgan fingerprint density at radius 2 is 1.85 bits per heavy atom. The average Bonchev–Trinajstić information content (AvgIpc) is 3.52. The van der Waals surface area contributed by atoms with Crippen LogP contribution in [0.1, 0.15) is 84.1 Å². The van der Waals surface area contributed by atoms with Gasteiger partial charge in [0.25, 0.3) is 0 Å². The molecule has 1 aromatic carbocycles. The highest BCUT2D eigenvalue weighted by atomic mass is 16.7. The van der Waals surface area contributed by atoms with Gasteiger partial charge in [0.15, 0.2) is 11.5 Å². The molecule has 0 aromatic heterocycles. The Morgan fingerprint density at radius 1 is 1.05 bits per heavy atom. The molecule has 1 amide bonds. The topological polar surface area (TPSA) is 108 Å². The number of nitrogens with one attached hydrogen (secondary N) is 1. The Balaban J connectivity index is 1.08. The third kappa shape index (κ3) is 4.57. The van der Waals surface area contributed by atoms with Crippen molar-refractivity contribution in [3.05, 3.63) is 23.8 Å². The number of benzene rings is 1. The van der Waals surface area contributed by atoms with Crippen molar-refractivity contribution in [2.24, 2.45) is 46.3 Å². The van der Waals surface area contributed by atoms with Crippen LogP contribution in [0.2, 0.25) is 0 Å². The number of hydrogen-bond acceptors (Lipinski definition) is 6. The van der Waals surface area contributed by atoms with Gasteiger partial charge in [-0.05, 0) is 115 Å². The molecule has 11 atom stereocenters. The SMILES string of the molecule is C[C@H](CCC(=O)NCc1ccc2c(c1)OCO2)[C@H]1CCC2C3C(C[C@H](O)[C@@]21C)[C@@]1(C)CC[C@@H](O)CC1C[C@H]3O. The molecule has 0 spiro atoms. The van der Waals surface area contributed by atoms with Crippen molar-refractivity contribution in [1.82, 2.24) is 5.32 Å². The normalized spacial score (nSPS) is 43.2. The van der Waals surface area contributed by atoms with Crippen LogP contribution in [0.3, 0.4) is 0 Å². The van der Waals surface area contributed by atoms with Crippen molar-refractivity contribution >= 4 is 5.91 Å². The van der Waals surface area contributed by atoms with Gasteiger partial charge < -0.3 is 30.1 Å². The molecular weight excluding hydrogens is 494 g/mol. The number of fused-ring (bicyclic) bond motifs is 6. The van der Waals surface area contributed by atoms with Crippen LogP contribution in [0, 0.1) is 46.3 Å². The van der Waals surface area contributed by atoms with Crippen LogP contribution < -0.4 is 14.8 Å². The molecule has 4 N–H and O–H groups in total. The molecule has 7 nitrogen and oxygen atoms in total. The van der Waals surface area contributed by atoms with Crippen molar-refractivity contribution in [3.8, 4) is 11.5 Å². The smallest absolute Gasteiger partial charge is 0.231 e. The van der Waals surface area contributed by atoms with E-state index in [1.165, 1.54) is 0 Å². The third-order valence-corrected chi connectivity index (χ3v) is 12.3. The Bertz CT molecular complexity index is 1080. The Labute approximate surface area is 232 Å². The number of amides is 1. The van der Waals surface area contributed by atoms with E-state index in [0.717, 1.165) is 68.4 Å². The third-order valence-electron chi connectivity index (χ3n) is 12.3. The minimum atomic E-state index is -0.395. The molecule has 7 heteroatoms. The predicted molar refractivity (Wildman–Crippen MR) is 147 cm³/mol. The first-order chi connectivity index (χ1) is 18.6. The number of carbonyl (C=O) groups is 1. The van der Waals surface area contributed by atoms with Gasteiger partial charge in [-0.1, -0.05) is 26.8 Å². The van der Waals surface area contributed by atoms with Crippen LogP contribution in [0.4, 0.5) is 0 Å². The number of ether oxygens (including phenoxy) is 2. The molecule has 4 fully saturated rings. The second kappa shape index (κ2) is 10.2. The lowest BCUT2D eigenvalue weighted by atomic mass is 9.43. The summed E-state index contributed by atoms with van der Waals surface area (Å²) in [6.07, 6.45) is 6.48. The van der Waals surface area contributed by atoms with Crippen molar-refractivity contribution < 1.29 is 29.6 Å². The summed E-state index contributed by atoms with van der Waals surface area (Å²) in [6, 6.07) is 5.75. The lowest BCUT2D eigenvalue weighted by Gasteiger charge is -2.63. The van der Waals surface area contributed by atoms with Gasteiger partial charge in [0.05, 0.1) is 18.3 Å². The minimum Gasteiger partial charge on any atom is -0.454 e. The van der Waals surface area contributed by atoms with Crippen LogP contribution in [0.25, 0.3) is 0 Å². The van der Waals surface area contributed by atoms with Gasteiger partial charge >= 0.3 is 0 Å². The Morgan fingerprint density at radius 3 is 2.67 bits per heavy atom. The van der Waals surface area contributed by atoms with E-state index in [4.69, 9.17) is 9.47 Å². The number of carbonyl (C=O) groups excluding carboxylic acids is 1. The fraction of sp³-hybridized carbons (Fsp3) is 0.781. The number of aliphatic hydroxyl groups is 3. The molecule has 1 aromatic rings. The first kappa shape index (κ1) is 27.3. The lowest BCUT2D eigenvalue weighted by molar-refractivity contribution is -0.207. The highest BCUT2D eigenvalue weighted by Crippen LogP contribution is 2.68. The summed E-state index contributed by atoms with van der Waals surface area (Å²) in [6.45, 7) is 7.60. The molecule has 1 heterocycles. The Kier molecular flexibility index (Phi) is 7.16. The zero-order valence-corrected chi connectivity index (χ0v) is 23.8. The molecule has 5 aliphatic rings. The number of rotatable bonds is 6. The maximum Gasteiger partial charge on any atom is 0.231 e. The first-order valence-electron chi connectivity index (χ1n) is 15.3. The fourth-order valence-corrected chi connectivity index (χ4v) is 10.0. The molecule has 4 unspecified atom stereocenters. The summed E-state index contributed by atoms with van der Waals surface area (Å²) in [5, 5.41) is 36.6. The van der Waals surface area contributed by atoms with E-state index in [0.29, 0.717) is 42.6 Å². The van der Waals surface area contributed by atoms with Crippen molar-refractivity contribution in [2.45, 2.75) is 103 Å². The van der Waals surface area contributed by atoms with Gasteiger partial charge in [0.2, 0.25) is 12.7 Å². The van der Waals surface area contributed by atoms with Gasteiger partial charge in [0, 0.05) is 13.0 Å². The van der Waals surface area contributed by atoms with Gasteiger partial charge in [0.1, 0.15) is 0 Å². The summed E-state index contributed by atoms with van der Waals surface area (Å²) in [4.78, 5) is 12.8. The van der Waals surface area contributed by atoms with Gasteiger partial charge in [-0.3, -0.25) is 4.79 Å². The molecule has 0 bridgehead atoms. The maximum atomic E-state index is 12.8. The molecule has 4 aliphatic carbocycles. The zero-order chi connectivity index (χ0) is 27.5. The van der Waals surface area contributed by atoms with E-state index in [2.05, 4.69) is 26.1 Å². The van der Waals surface area contributed by atoms with Crippen molar-refractivity contribution in [2.75, 3.05) is 6.79 Å². The first-order valence-corrected chi connectivity index (χ1v) is 15.3. The van der Waals surface area contributed by atoms with Crippen LogP contribution >= 0.6 is 0 Å². The second-order valence-corrected chi connectivity index (χ2v) is 14.0. The minimum absolute atomic E-state index is 0.0460. The van der Waals surface area contributed by atoms with Crippen LogP contribution in [0.5, 0.6) is 11.5 Å². The van der Waals surface area contributed by atoms with Crippen LogP contribution in [0.15, 0.2) is 18.2 Å². The molecule has 0 radical (unpaired) electrons. The summed E-state index contributed by atoms with van der Waals surface area (Å²) in [5.41, 5.74) is 0.841. The number of aliphatic hydroxyl groups excluding tert-OH is 3. The maximum absolute atomic E-state index is 12.8. The fourth-order valence-electron chi connectivity index (χ4n) is 10.0.